The van der Waals surface area contributed by atoms with Crippen LogP contribution in [0.3, 0.4) is 0 Å². The van der Waals surface area contributed by atoms with Gasteiger partial charge >= 0.3 is 0 Å². The van der Waals surface area contributed by atoms with E-state index in [1.54, 1.807) is 12.4 Å². The Bertz CT molecular complexity index is 525. The van der Waals surface area contributed by atoms with Crippen molar-refractivity contribution in [2.24, 2.45) is 0 Å². The maximum Gasteiger partial charge on any atom is 0.244 e. The molecule has 0 amide bonds. The van der Waals surface area contributed by atoms with Crippen LogP contribution in [-0.4, -0.2) is 33.1 Å². The topological polar surface area (TPSA) is 55.1 Å². The predicted molar refractivity (Wildman–Crippen MR) is 71.4 cm³/mol. The number of piperidine rings is 1. The Morgan fingerprint density at radius 1 is 1.32 bits per heavy atom. The smallest absolute Gasteiger partial charge is 0.244 e. The second-order valence-corrected chi connectivity index (χ2v) is 4.83. The molecular formula is C14H18N4O. The maximum atomic E-state index is 5.47. The van der Waals surface area contributed by atoms with Crippen LogP contribution in [0, 0.1) is 0 Å². The van der Waals surface area contributed by atoms with Gasteiger partial charge in [-0.15, -0.1) is 0 Å². The first-order valence-corrected chi connectivity index (χ1v) is 6.86. The van der Waals surface area contributed by atoms with E-state index in [2.05, 4.69) is 26.9 Å². The van der Waals surface area contributed by atoms with E-state index in [0.29, 0.717) is 5.82 Å². The minimum Gasteiger partial charge on any atom is -0.337 e. The van der Waals surface area contributed by atoms with E-state index in [-0.39, 0.29) is 6.04 Å². The van der Waals surface area contributed by atoms with Gasteiger partial charge in [0, 0.05) is 18.0 Å². The fraction of sp³-hybridized carbons (Fsp3) is 0.500. The standard InChI is InChI=1S/C14H18N4O/c1-2-18-10-4-3-5-12(18)14-16-13(17-19-14)11-6-8-15-9-7-11/h6-9,12H,2-5,10H2,1H3. The van der Waals surface area contributed by atoms with E-state index in [9.17, 15) is 0 Å². The molecule has 1 saturated heterocycles. The lowest BCUT2D eigenvalue weighted by atomic mass is 10.0. The SMILES string of the molecule is CCN1CCCCC1c1nc(-c2ccncc2)no1. The fourth-order valence-corrected chi connectivity index (χ4v) is 2.64. The zero-order valence-corrected chi connectivity index (χ0v) is 11.1. The van der Waals surface area contributed by atoms with E-state index >= 15 is 0 Å². The van der Waals surface area contributed by atoms with Crippen molar-refractivity contribution in [2.45, 2.75) is 32.2 Å². The summed E-state index contributed by atoms with van der Waals surface area (Å²) < 4.78 is 5.47. The van der Waals surface area contributed by atoms with Gasteiger partial charge < -0.3 is 4.52 Å². The summed E-state index contributed by atoms with van der Waals surface area (Å²) in [6, 6.07) is 4.07. The van der Waals surface area contributed by atoms with Gasteiger partial charge in [0.15, 0.2) is 0 Å². The van der Waals surface area contributed by atoms with Crippen LogP contribution in [-0.2, 0) is 0 Å². The van der Waals surface area contributed by atoms with Gasteiger partial charge in [-0.3, -0.25) is 9.88 Å². The minimum absolute atomic E-state index is 0.279. The van der Waals surface area contributed by atoms with Crippen molar-refractivity contribution in [2.75, 3.05) is 13.1 Å². The largest absolute Gasteiger partial charge is 0.337 e. The molecular weight excluding hydrogens is 240 g/mol. The molecule has 0 bridgehead atoms. The molecule has 1 fully saturated rings. The molecule has 2 aromatic heterocycles. The van der Waals surface area contributed by atoms with Crippen LogP contribution in [0.15, 0.2) is 29.0 Å². The summed E-state index contributed by atoms with van der Waals surface area (Å²) in [4.78, 5) is 11.0. The number of nitrogens with zero attached hydrogens (tertiary/aromatic N) is 4. The second kappa shape index (κ2) is 5.48. The molecule has 0 N–H and O–H groups in total. The number of pyridine rings is 1. The van der Waals surface area contributed by atoms with Crippen molar-refractivity contribution in [3.63, 3.8) is 0 Å². The van der Waals surface area contributed by atoms with Crippen molar-refractivity contribution in [1.82, 2.24) is 20.0 Å². The van der Waals surface area contributed by atoms with Crippen molar-refractivity contribution in [3.05, 3.63) is 30.4 Å². The summed E-state index contributed by atoms with van der Waals surface area (Å²) >= 11 is 0. The van der Waals surface area contributed by atoms with E-state index in [1.807, 2.05) is 12.1 Å². The molecule has 2 aromatic rings. The summed E-state index contributed by atoms with van der Waals surface area (Å²) in [6.45, 7) is 4.32. The van der Waals surface area contributed by atoms with Gasteiger partial charge in [0.25, 0.3) is 0 Å². The molecule has 0 spiro atoms. The number of hydrogen-bond donors (Lipinski definition) is 0. The number of likely N-dealkylation sites (tertiary alicyclic amines) is 1. The lowest BCUT2D eigenvalue weighted by Gasteiger charge is -2.32. The second-order valence-electron chi connectivity index (χ2n) is 4.83. The summed E-state index contributed by atoms with van der Waals surface area (Å²) in [5.74, 6) is 1.40. The van der Waals surface area contributed by atoms with E-state index in [0.717, 1.165) is 31.0 Å². The van der Waals surface area contributed by atoms with Crippen LogP contribution < -0.4 is 0 Å². The van der Waals surface area contributed by atoms with E-state index in [1.165, 1.54) is 12.8 Å². The van der Waals surface area contributed by atoms with Crippen molar-refractivity contribution < 1.29 is 4.52 Å². The number of aromatic nitrogens is 3. The van der Waals surface area contributed by atoms with Crippen molar-refractivity contribution >= 4 is 0 Å². The molecule has 0 aromatic carbocycles. The van der Waals surface area contributed by atoms with E-state index < -0.39 is 0 Å². The monoisotopic (exact) mass is 258 g/mol. The first-order chi connectivity index (χ1) is 9.38. The van der Waals surface area contributed by atoms with Crippen molar-refractivity contribution in [3.8, 4) is 11.4 Å². The highest BCUT2D eigenvalue weighted by atomic mass is 16.5. The van der Waals surface area contributed by atoms with Crippen LogP contribution >= 0.6 is 0 Å². The molecule has 3 rings (SSSR count). The Balaban J connectivity index is 1.84. The Morgan fingerprint density at radius 3 is 2.95 bits per heavy atom. The highest BCUT2D eigenvalue weighted by Crippen LogP contribution is 2.30. The highest BCUT2D eigenvalue weighted by molar-refractivity contribution is 5.52. The molecule has 100 valence electrons. The molecule has 0 aliphatic carbocycles. The fourth-order valence-electron chi connectivity index (χ4n) is 2.64. The lowest BCUT2D eigenvalue weighted by molar-refractivity contribution is 0.125. The predicted octanol–water partition coefficient (Wildman–Crippen LogP) is 2.68. The van der Waals surface area contributed by atoms with Gasteiger partial charge in [-0.1, -0.05) is 18.5 Å². The zero-order valence-electron chi connectivity index (χ0n) is 11.1. The third-order valence-corrected chi connectivity index (χ3v) is 3.69. The van der Waals surface area contributed by atoms with Gasteiger partial charge in [-0.25, -0.2) is 0 Å². The van der Waals surface area contributed by atoms with Crippen LogP contribution in [0.4, 0.5) is 0 Å². The highest BCUT2D eigenvalue weighted by Gasteiger charge is 2.27. The van der Waals surface area contributed by atoms with Gasteiger partial charge in [0.2, 0.25) is 11.7 Å². The van der Waals surface area contributed by atoms with Gasteiger partial charge in [-0.05, 0) is 38.1 Å². The molecule has 19 heavy (non-hydrogen) atoms. The summed E-state index contributed by atoms with van der Waals surface area (Å²) in [6.07, 6.45) is 7.07. The van der Waals surface area contributed by atoms with Gasteiger partial charge in [-0.2, -0.15) is 4.98 Å². The summed E-state index contributed by atoms with van der Waals surface area (Å²) in [5, 5.41) is 4.09. The Labute approximate surface area is 112 Å². The quantitative estimate of drug-likeness (QED) is 0.847. The molecule has 5 heteroatoms. The Morgan fingerprint density at radius 2 is 2.16 bits per heavy atom. The van der Waals surface area contributed by atoms with Crippen LogP contribution in [0.1, 0.15) is 38.1 Å². The Kier molecular flexibility index (Phi) is 3.55. The molecule has 5 nitrogen and oxygen atoms in total. The molecule has 1 unspecified atom stereocenters. The molecule has 3 heterocycles. The summed E-state index contributed by atoms with van der Waals surface area (Å²) in [7, 11) is 0. The molecule has 1 aliphatic heterocycles. The maximum absolute atomic E-state index is 5.47. The first kappa shape index (κ1) is 12.3. The Hall–Kier alpha value is -1.75. The molecule has 0 radical (unpaired) electrons. The molecule has 1 aliphatic rings. The average molecular weight is 258 g/mol. The average Bonchev–Trinajstić information content (AvgIpc) is 2.98. The third-order valence-electron chi connectivity index (χ3n) is 3.69. The first-order valence-electron chi connectivity index (χ1n) is 6.86. The zero-order chi connectivity index (χ0) is 13.1. The number of hydrogen-bond acceptors (Lipinski definition) is 5. The van der Waals surface area contributed by atoms with Gasteiger partial charge in [0.05, 0.1) is 6.04 Å². The number of rotatable bonds is 3. The normalized spacial score (nSPS) is 20.6. The summed E-state index contributed by atoms with van der Waals surface area (Å²) in [5.41, 5.74) is 0.948. The molecule has 0 saturated carbocycles. The van der Waals surface area contributed by atoms with Crippen molar-refractivity contribution in [1.29, 1.82) is 0 Å². The van der Waals surface area contributed by atoms with Crippen LogP contribution in [0.2, 0.25) is 0 Å². The van der Waals surface area contributed by atoms with E-state index in [4.69, 9.17) is 4.52 Å². The molecule has 1 atom stereocenters. The van der Waals surface area contributed by atoms with Crippen LogP contribution in [0.5, 0.6) is 0 Å². The lowest BCUT2D eigenvalue weighted by Crippen LogP contribution is -2.33. The minimum atomic E-state index is 0.279. The third kappa shape index (κ3) is 2.51. The van der Waals surface area contributed by atoms with Crippen LogP contribution in [0.25, 0.3) is 11.4 Å². The van der Waals surface area contributed by atoms with Gasteiger partial charge in [0.1, 0.15) is 0 Å².